The highest BCUT2D eigenvalue weighted by Gasteiger charge is 2.39. The number of phenolic OH excluding ortho intramolecular Hbond substituents is 1. The molecule has 4 heterocycles. The van der Waals surface area contributed by atoms with E-state index in [4.69, 9.17) is 4.98 Å². The average Bonchev–Trinajstić information content (AvgIpc) is 3.52. The number of benzene rings is 2. The van der Waals surface area contributed by atoms with Gasteiger partial charge in [-0.2, -0.15) is 5.10 Å². The van der Waals surface area contributed by atoms with Crippen molar-refractivity contribution >= 4 is 16.8 Å². The first-order chi connectivity index (χ1) is 18.9. The molecule has 4 aromatic rings. The predicted octanol–water partition coefficient (Wildman–Crippen LogP) is 3.59. The molecule has 2 aromatic carbocycles. The van der Waals surface area contributed by atoms with E-state index in [2.05, 4.69) is 32.3 Å². The Morgan fingerprint density at radius 1 is 1.23 bits per heavy atom. The number of aryl methyl sites for hydroxylation is 1. The molecule has 1 unspecified atom stereocenters. The number of rotatable bonds is 7. The second-order valence-electron chi connectivity index (χ2n) is 10.6. The zero-order chi connectivity index (χ0) is 27.3. The van der Waals surface area contributed by atoms with Gasteiger partial charge in [0.2, 0.25) is 5.91 Å². The maximum atomic E-state index is 14.2. The summed E-state index contributed by atoms with van der Waals surface area (Å²) < 4.78 is 14.2. The maximum absolute atomic E-state index is 14.2. The molecule has 0 bridgehead atoms. The number of halogens is 1. The first-order valence-corrected chi connectivity index (χ1v) is 13.7. The van der Waals surface area contributed by atoms with Crippen LogP contribution < -0.4 is 5.32 Å². The molecule has 1 amide bonds. The summed E-state index contributed by atoms with van der Waals surface area (Å²) >= 11 is 0. The lowest BCUT2D eigenvalue weighted by molar-refractivity contribution is -0.142. The van der Waals surface area contributed by atoms with Gasteiger partial charge in [-0.15, -0.1) is 0 Å². The Hall–Kier alpha value is -3.76. The summed E-state index contributed by atoms with van der Waals surface area (Å²) in [4.78, 5) is 25.9. The van der Waals surface area contributed by atoms with Gasteiger partial charge in [0.15, 0.2) is 17.4 Å². The van der Waals surface area contributed by atoms with E-state index in [9.17, 15) is 14.3 Å². The van der Waals surface area contributed by atoms with Crippen molar-refractivity contribution in [2.24, 2.45) is 0 Å². The van der Waals surface area contributed by atoms with Crippen molar-refractivity contribution < 1.29 is 14.3 Å². The van der Waals surface area contributed by atoms with Crippen LogP contribution in [0, 0.1) is 5.82 Å². The second kappa shape index (κ2) is 10.1. The number of likely N-dealkylation sites (N-methyl/N-ethyl adjacent to an activating group) is 1. The molecule has 1 atom stereocenters. The molecule has 2 aliphatic rings. The number of H-pyrrole nitrogens is 2. The number of hydrogen-bond acceptors (Lipinski definition) is 6. The minimum Gasteiger partial charge on any atom is -0.505 e. The van der Waals surface area contributed by atoms with Gasteiger partial charge in [0, 0.05) is 37.5 Å². The number of nitrogens with one attached hydrogen (secondary N) is 3. The van der Waals surface area contributed by atoms with Crippen molar-refractivity contribution in [2.45, 2.75) is 51.7 Å². The van der Waals surface area contributed by atoms with Gasteiger partial charge in [-0.25, -0.2) is 9.37 Å². The van der Waals surface area contributed by atoms with Crippen LogP contribution in [0.25, 0.3) is 33.5 Å². The molecular weight excluding hydrogens is 497 g/mol. The molecule has 1 fully saturated rings. The lowest BCUT2D eigenvalue weighted by atomic mass is 9.96. The zero-order valence-corrected chi connectivity index (χ0v) is 22.5. The van der Waals surface area contributed by atoms with E-state index in [-0.39, 0.29) is 17.7 Å². The molecule has 10 heteroatoms. The lowest BCUT2D eigenvalue weighted by Gasteiger charge is -2.44. The normalized spacial score (nSPS) is 17.9. The van der Waals surface area contributed by atoms with Crippen molar-refractivity contribution in [1.82, 2.24) is 35.3 Å². The highest BCUT2D eigenvalue weighted by Crippen LogP contribution is 2.34. The van der Waals surface area contributed by atoms with Gasteiger partial charge < -0.3 is 20.3 Å². The first kappa shape index (κ1) is 25.5. The number of carbonyl (C=O) groups excluding carboxylic acids is 1. The Morgan fingerprint density at radius 3 is 2.79 bits per heavy atom. The standard InChI is InChI=1S/C29H34FN7O2/c1-4-8-36-15-24-23(12-25(36)29(39)37-13-18(14-37)31-3)32-28(33-24)27-19-7-6-17(9-22(19)34-35-27)20-11-21(30)26(38)10-16(20)5-2/h6-7,9-11,18,25,31,38H,4-5,8,12-15H2,1-3H3,(H,32,33)(H,34,35). The Morgan fingerprint density at radius 2 is 2.05 bits per heavy atom. The molecule has 204 valence electrons. The Labute approximate surface area is 226 Å². The Kier molecular flexibility index (Phi) is 6.60. The molecule has 0 aliphatic carbocycles. The minimum atomic E-state index is -0.640. The van der Waals surface area contributed by atoms with Crippen LogP contribution in [0.1, 0.15) is 37.2 Å². The summed E-state index contributed by atoms with van der Waals surface area (Å²) in [5, 5.41) is 21.6. The number of carbonyl (C=O) groups is 1. The molecule has 4 N–H and O–H groups in total. The lowest BCUT2D eigenvalue weighted by Crippen LogP contribution is -2.63. The van der Waals surface area contributed by atoms with Gasteiger partial charge >= 0.3 is 0 Å². The number of likely N-dealkylation sites (tertiary alicyclic amines) is 1. The molecule has 9 nitrogen and oxygen atoms in total. The Bertz CT molecular complexity index is 1540. The summed E-state index contributed by atoms with van der Waals surface area (Å²) in [6, 6.07) is 8.89. The molecule has 0 saturated carbocycles. The number of nitrogens with zero attached hydrogens (tertiary/aromatic N) is 4. The summed E-state index contributed by atoms with van der Waals surface area (Å²) in [5.74, 6) is -0.123. The topological polar surface area (TPSA) is 113 Å². The van der Waals surface area contributed by atoms with Crippen LogP contribution in [0.15, 0.2) is 30.3 Å². The number of aromatic hydroxyl groups is 1. The van der Waals surface area contributed by atoms with Crippen molar-refractivity contribution in [3.8, 4) is 28.4 Å². The quantitative estimate of drug-likeness (QED) is 0.290. The van der Waals surface area contributed by atoms with Gasteiger partial charge in [0.05, 0.1) is 22.9 Å². The number of amides is 1. The van der Waals surface area contributed by atoms with Gasteiger partial charge in [0.1, 0.15) is 5.69 Å². The van der Waals surface area contributed by atoms with E-state index < -0.39 is 5.82 Å². The van der Waals surface area contributed by atoms with Crippen molar-refractivity contribution in [1.29, 1.82) is 0 Å². The van der Waals surface area contributed by atoms with Gasteiger partial charge in [-0.3, -0.25) is 14.8 Å². The summed E-state index contributed by atoms with van der Waals surface area (Å²) in [5.41, 5.74) is 5.92. The van der Waals surface area contributed by atoms with Crippen LogP contribution in [0.4, 0.5) is 4.39 Å². The molecule has 1 saturated heterocycles. The number of phenols is 1. The maximum Gasteiger partial charge on any atom is 0.240 e. The fourth-order valence-electron chi connectivity index (χ4n) is 5.83. The number of imidazole rings is 1. The number of aromatic nitrogens is 4. The van der Waals surface area contributed by atoms with E-state index in [0.717, 1.165) is 65.0 Å². The minimum absolute atomic E-state index is 0.181. The fourth-order valence-corrected chi connectivity index (χ4v) is 5.83. The highest BCUT2D eigenvalue weighted by atomic mass is 19.1. The monoisotopic (exact) mass is 531 g/mol. The van der Waals surface area contributed by atoms with Gasteiger partial charge in [-0.05, 0) is 67.4 Å². The molecule has 2 aromatic heterocycles. The zero-order valence-electron chi connectivity index (χ0n) is 22.5. The van der Waals surface area contributed by atoms with E-state index in [1.165, 1.54) is 12.1 Å². The fraction of sp³-hybridized carbons (Fsp3) is 0.414. The smallest absolute Gasteiger partial charge is 0.240 e. The van der Waals surface area contributed by atoms with Gasteiger partial charge in [0.25, 0.3) is 0 Å². The third-order valence-corrected chi connectivity index (χ3v) is 8.10. The van der Waals surface area contributed by atoms with Crippen LogP contribution in [0.3, 0.4) is 0 Å². The van der Waals surface area contributed by atoms with E-state index in [1.807, 2.05) is 37.1 Å². The summed E-state index contributed by atoms with van der Waals surface area (Å²) in [6.45, 7) is 7.11. The highest BCUT2D eigenvalue weighted by molar-refractivity contribution is 5.94. The molecular formula is C29H34FN7O2. The van der Waals surface area contributed by atoms with Crippen molar-refractivity contribution in [2.75, 3.05) is 26.7 Å². The van der Waals surface area contributed by atoms with Crippen LogP contribution in [0.2, 0.25) is 0 Å². The van der Waals surface area contributed by atoms with Crippen molar-refractivity contribution in [3.05, 3.63) is 53.1 Å². The van der Waals surface area contributed by atoms with Crippen LogP contribution >= 0.6 is 0 Å². The predicted molar refractivity (Wildman–Crippen MR) is 148 cm³/mol. The van der Waals surface area contributed by atoms with Crippen molar-refractivity contribution in [3.63, 3.8) is 0 Å². The molecule has 2 aliphatic heterocycles. The SMILES string of the molecule is CCCN1Cc2[nH]c(-c3n[nH]c4cc(-c5cc(F)c(O)cc5CC)ccc34)nc2CC1C(=O)N1CC(NC)C1. The number of hydrogen-bond donors (Lipinski definition) is 4. The molecule has 0 radical (unpaired) electrons. The number of fused-ring (bicyclic) bond motifs is 2. The van der Waals surface area contributed by atoms with Gasteiger partial charge in [-0.1, -0.05) is 19.9 Å². The molecule has 39 heavy (non-hydrogen) atoms. The third-order valence-electron chi connectivity index (χ3n) is 8.10. The Balaban J connectivity index is 1.29. The third kappa shape index (κ3) is 4.47. The van der Waals surface area contributed by atoms with Crippen LogP contribution in [-0.2, 0) is 24.2 Å². The largest absolute Gasteiger partial charge is 0.505 e. The number of aromatic amines is 2. The summed E-state index contributed by atoms with van der Waals surface area (Å²) in [6.07, 6.45) is 2.21. The average molecular weight is 532 g/mol. The summed E-state index contributed by atoms with van der Waals surface area (Å²) in [7, 11) is 1.93. The van der Waals surface area contributed by atoms with E-state index in [0.29, 0.717) is 36.9 Å². The second-order valence-corrected chi connectivity index (χ2v) is 10.6. The van der Waals surface area contributed by atoms with Crippen LogP contribution in [0.5, 0.6) is 5.75 Å². The van der Waals surface area contributed by atoms with E-state index in [1.54, 1.807) is 0 Å². The first-order valence-electron chi connectivity index (χ1n) is 13.7. The molecule has 6 rings (SSSR count). The molecule has 0 spiro atoms. The van der Waals surface area contributed by atoms with E-state index >= 15 is 0 Å². The van der Waals surface area contributed by atoms with Crippen LogP contribution in [-0.4, -0.2) is 79.7 Å².